The summed E-state index contributed by atoms with van der Waals surface area (Å²) in [5, 5.41) is 12.3. The van der Waals surface area contributed by atoms with E-state index < -0.39 is 5.97 Å². The van der Waals surface area contributed by atoms with Gasteiger partial charge in [-0.15, -0.1) is 0 Å². The fourth-order valence-electron chi connectivity index (χ4n) is 6.42. The number of piperidine rings is 1. The molecule has 2 atom stereocenters. The van der Waals surface area contributed by atoms with Gasteiger partial charge in [-0.3, -0.25) is 0 Å². The summed E-state index contributed by atoms with van der Waals surface area (Å²) in [5.41, 5.74) is 3.33. The number of carbonyl (C=O) groups excluding carboxylic acids is 2. The molecule has 2 N–H and O–H groups in total. The lowest BCUT2D eigenvalue weighted by Gasteiger charge is -2.39. The minimum absolute atomic E-state index is 0.119. The fraction of sp³-hybridized carbons (Fsp3) is 0.469. The van der Waals surface area contributed by atoms with Gasteiger partial charge in [-0.1, -0.05) is 34.4 Å². The average molecular weight is 628 g/mol. The SMILES string of the molecule is CCOC(=O)c1ccc(NC(=O)N2C3CCC2CC(NCc2c(-c4c(Cl)cccc4Cl)noc2C2CC2)C3)c(OCC)c1. The number of aromatic nitrogens is 1. The number of rotatable bonds is 10. The molecule has 6 rings (SSSR count). The Balaban J connectivity index is 1.13. The molecule has 43 heavy (non-hydrogen) atoms. The Hall–Kier alpha value is -3.27. The largest absolute Gasteiger partial charge is 0.492 e. The van der Waals surface area contributed by atoms with Crippen molar-refractivity contribution in [1.29, 1.82) is 0 Å². The van der Waals surface area contributed by atoms with Gasteiger partial charge in [0.15, 0.2) is 0 Å². The number of urea groups is 1. The molecule has 1 aromatic heterocycles. The Morgan fingerprint density at radius 3 is 2.40 bits per heavy atom. The standard InChI is InChI=1S/C32H36Cl2N4O5/c1-3-41-27-14-19(31(39)42-4-2)10-13-26(27)36-32(40)38-21-11-12-22(38)16-20(15-21)35-17-23-29(37-43-30(23)18-8-9-18)28-24(33)6-5-7-25(28)34/h5-7,10,13-14,18,20-22,35H,3-4,8-9,11-12,15-17H2,1-2H3,(H,36,40). The highest BCUT2D eigenvalue weighted by Crippen LogP contribution is 2.46. The third-order valence-corrected chi connectivity index (χ3v) is 9.17. The third-order valence-electron chi connectivity index (χ3n) is 8.54. The van der Waals surface area contributed by atoms with E-state index in [4.69, 9.17) is 37.2 Å². The maximum Gasteiger partial charge on any atom is 0.338 e. The Morgan fingerprint density at radius 1 is 1.02 bits per heavy atom. The molecule has 11 heteroatoms. The van der Waals surface area contributed by atoms with E-state index in [2.05, 4.69) is 15.8 Å². The predicted molar refractivity (Wildman–Crippen MR) is 165 cm³/mol. The van der Waals surface area contributed by atoms with Crippen LogP contribution in [0.2, 0.25) is 10.0 Å². The van der Waals surface area contributed by atoms with E-state index in [9.17, 15) is 9.59 Å². The second kappa shape index (κ2) is 12.8. The molecular formula is C32H36Cl2N4O5. The first-order valence-corrected chi connectivity index (χ1v) is 15.8. The van der Waals surface area contributed by atoms with Gasteiger partial charge in [0, 0.05) is 41.7 Å². The topological polar surface area (TPSA) is 106 Å². The molecule has 3 heterocycles. The number of benzene rings is 2. The van der Waals surface area contributed by atoms with E-state index in [0.29, 0.717) is 57.4 Å². The van der Waals surface area contributed by atoms with Crippen LogP contribution in [0.5, 0.6) is 5.75 Å². The molecule has 3 fully saturated rings. The lowest BCUT2D eigenvalue weighted by atomic mass is 9.96. The zero-order valence-corrected chi connectivity index (χ0v) is 25.8. The molecule has 2 saturated heterocycles. The Morgan fingerprint density at radius 2 is 1.74 bits per heavy atom. The molecule has 9 nitrogen and oxygen atoms in total. The van der Waals surface area contributed by atoms with Crippen LogP contribution in [0.25, 0.3) is 11.3 Å². The van der Waals surface area contributed by atoms with Crippen molar-refractivity contribution in [3.05, 3.63) is 63.3 Å². The van der Waals surface area contributed by atoms with E-state index in [1.165, 1.54) is 0 Å². The van der Waals surface area contributed by atoms with Crippen LogP contribution < -0.4 is 15.4 Å². The number of halogens is 2. The van der Waals surface area contributed by atoms with E-state index in [-0.39, 0.29) is 30.8 Å². The number of nitrogens with zero attached hydrogens (tertiary/aromatic N) is 2. The van der Waals surface area contributed by atoms with Crippen LogP contribution in [0.3, 0.4) is 0 Å². The molecule has 2 aliphatic heterocycles. The third kappa shape index (κ3) is 6.21. The van der Waals surface area contributed by atoms with Crippen LogP contribution in [0.15, 0.2) is 40.9 Å². The Labute approximate surface area is 261 Å². The number of ether oxygens (including phenoxy) is 2. The molecule has 3 aliphatic rings. The van der Waals surface area contributed by atoms with Gasteiger partial charge in [-0.25, -0.2) is 9.59 Å². The van der Waals surface area contributed by atoms with Crippen LogP contribution in [-0.4, -0.2) is 53.4 Å². The van der Waals surface area contributed by atoms with E-state index in [1.807, 2.05) is 30.0 Å². The first-order valence-electron chi connectivity index (χ1n) is 15.1. The number of hydrogen-bond acceptors (Lipinski definition) is 7. The van der Waals surface area contributed by atoms with Gasteiger partial charge in [-0.2, -0.15) is 0 Å². The lowest BCUT2D eigenvalue weighted by molar-refractivity contribution is 0.0526. The number of carbonyl (C=O) groups is 2. The van der Waals surface area contributed by atoms with Crippen molar-refractivity contribution < 1.29 is 23.6 Å². The van der Waals surface area contributed by atoms with Crippen molar-refractivity contribution in [2.24, 2.45) is 0 Å². The van der Waals surface area contributed by atoms with Crippen molar-refractivity contribution in [2.75, 3.05) is 18.5 Å². The molecule has 228 valence electrons. The maximum atomic E-state index is 13.6. The minimum atomic E-state index is -0.425. The molecular weight excluding hydrogens is 591 g/mol. The van der Waals surface area contributed by atoms with Crippen molar-refractivity contribution in [3.8, 4) is 17.0 Å². The summed E-state index contributed by atoms with van der Waals surface area (Å²) in [4.78, 5) is 27.7. The van der Waals surface area contributed by atoms with Gasteiger partial charge in [-0.05, 0) is 82.7 Å². The van der Waals surface area contributed by atoms with Crippen LogP contribution in [-0.2, 0) is 11.3 Å². The van der Waals surface area contributed by atoms with Crippen LogP contribution >= 0.6 is 23.2 Å². The maximum absolute atomic E-state index is 13.6. The molecule has 2 unspecified atom stereocenters. The first kappa shape index (κ1) is 29.8. The van der Waals surface area contributed by atoms with Gasteiger partial charge in [0.25, 0.3) is 0 Å². The summed E-state index contributed by atoms with van der Waals surface area (Å²) >= 11 is 13.1. The highest BCUT2D eigenvalue weighted by atomic mass is 35.5. The van der Waals surface area contributed by atoms with Gasteiger partial charge in [0.05, 0.1) is 34.5 Å². The zero-order valence-electron chi connectivity index (χ0n) is 24.3. The molecule has 2 aromatic carbocycles. The molecule has 0 spiro atoms. The first-order chi connectivity index (χ1) is 20.9. The van der Waals surface area contributed by atoms with E-state index >= 15 is 0 Å². The van der Waals surface area contributed by atoms with Crippen molar-refractivity contribution in [3.63, 3.8) is 0 Å². The molecule has 2 bridgehead atoms. The van der Waals surface area contributed by atoms with Crippen molar-refractivity contribution in [2.45, 2.75) is 83.0 Å². The second-order valence-corrected chi connectivity index (χ2v) is 12.2. The van der Waals surface area contributed by atoms with Crippen molar-refractivity contribution in [1.82, 2.24) is 15.4 Å². The Kier molecular flexibility index (Phi) is 8.84. The Bertz CT molecular complexity index is 1470. The fourth-order valence-corrected chi connectivity index (χ4v) is 7.00. The normalized spacial score (nSPS) is 21.1. The summed E-state index contributed by atoms with van der Waals surface area (Å²) in [7, 11) is 0. The van der Waals surface area contributed by atoms with Crippen LogP contribution in [0.4, 0.5) is 10.5 Å². The molecule has 2 amide bonds. The molecule has 3 aromatic rings. The monoisotopic (exact) mass is 626 g/mol. The number of esters is 1. The number of amides is 2. The number of nitrogens with one attached hydrogen (secondary N) is 2. The quantitative estimate of drug-likeness (QED) is 0.226. The number of fused-ring (bicyclic) bond motifs is 2. The van der Waals surface area contributed by atoms with Gasteiger partial charge in [0.1, 0.15) is 17.2 Å². The minimum Gasteiger partial charge on any atom is -0.492 e. The van der Waals surface area contributed by atoms with Gasteiger partial charge in [0.2, 0.25) is 0 Å². The smallest absolute Gasteiger partial charge is 0.338 e. The average Bonchev–Trinajstić information content (AvgIpc) is 3.69. The predicted octanol–water partition coefficient (Wildman–Crippen LogP) is 7.42. The number of hydrogen-bond donors (Lipinski definition) is 2. The van der Waals surface area contributed by atoms with Crippen molar-refractivity contribution >= 4 is 40.9 Å². The lowest BCUT2D eigenvalue weighted by Crippen LogP contribution is -2.52. The van der Waals surface area contributed by atoms with E-state index in [0.717, 1.165) is 49.8 Å². The summed E-state index contributed by atoms with van der Waals surface area (Å²) in [6, 6.07) is 10.7. The van der Waals surface area contributed by atoms with Gasteiger partial charge >= 0.3 is 12.0 Å². The van der Waals surface area contributed by atoms with Gasteiger partial charge < -0.3 is 29.5 Å². The van der Waals surface area contributed by atoms with Crippen LogP contribution in [0.1, 0.15) is 80.0 Å². The summed E-state index contributed by atoms with van der Waals surface area (Å²) in [6.45, 7) is 4.90. The second-order valence-electron chi connectivity index (χ2n) is 11.4. The molecule has 0 radical (unpaired) electrons. The summed E-state index contributed by atoms with van der Waals surface area (Å²) in [5.74, 6) is 1.32. The van der Waals surface area contributed by atoms with Crippen LogP contribution in [0, 0.1) is 0 Å². The molecule has 1 aliphatic carbocycles. The number of anilines is 1. The highest BCUT2D eigenvalue weighted by Gasteiger charge is 2.43. The zero-order chi connectivity index (χ0) is 30.1. The van der Waals surface area contributed by atoms with E-state index in [1.54, 1.807) is 25.1 Å². The summed E-state index contributed by atoms with van der Waals surface area (Å²) in [6.07, 6.45) is 5.78. The molecule has 1 saturated carbocycles. The highest BCUT2D eigenvalue weighted by molar-refractivity contribution is 6.39. The summed E-state index contributed by atoms with van der Waals surface area (Å²) < 4.78 is 16.7.